The minimum absolute atomic E-state index is 0. The third-order valence-electron chi connectivity index (χ3n) is 4.52. The molecule has 8 nitrogen and oxygen atoms in total. The van der Waals surface area contributed by atoms with Gasteiger partial charge in [0.15, 0.2) is 10.8 Å². The van der Waals surface area contributed by atoms with Crippen LogP contribution in [0.5, 0.6) is 0 Å². The predicted molar refractivity (Wildman–Crippen MR) is 107 cm³/mol. The predicted octanol–water partition coefficient (Wildman–Crippen LogP) is 1.89. The average molecular weight is 408 g/mol. The maximum atomic E-state index is 12.5. The third-order valence-corrected chi connectivity index (χ3v) is 5.29. The van der Waals surface area contributed by atoms with Gasteiger partial charge in [-0.25, -0.2) is 14.8 Å². The zero-order valence-electron chi connectivity index (χ0n) is 14.5. The van der Waals surface area contributed by atoms with Gasteiger partial charge in [-0.2, -0.15) is 0 Å². The number of rotatable bonds is 3. The van der Waals surface area contributed by atoms with Gasteiger partial charge >= 0.3 is 5.97 Å². The molecule has 0 bridgehead atoms. The first-order chi connectivity index (χ1) is 12.4. The smallest absolute Gasteiger partial charge is 0.341 e. The number of carboxylic acids is 1. The first-order valence-electron chi connectivity index (χ1n) is 8.09. The van der Waals surface area contributed by atoms with E-state index in [-0.39, 0.29) is 28.9 Å². The molecule has 3 aromatic rings. The monoisotopic (exact) mass is 407 g/mol. The number of hydrogen-bond donors (Lipinski definition) is 2. The minimum atomic E-state index is -1.27. The Kier molecular flexibility index (Phi) is 4.94. The van der Waals surface area contributed by atoms with Crippen molar-refractivity contribution in [3.63, 3.8) is 0 Å². The van der Waals surface area contributed by atoms with E-state index in [1.807, 2.05) is 6.92 Å². The second-order valence-corrected chi connectivity index (χ2v) is 7.60. The molecule has 1 aliphatic heterocycles. The number of halogens is 1. The van der Waals surface area contributed by atoms with Gasteiger partial charge in [-0.3, -0.25) is 9.36 Å². The highest BCUT2D eigenvalue weighted by molar-refractivity contribution is 7.12. The summed E-state index contributed by atoms with van der Waals surface area (Å²) in [6, 6.07) is 3.37. The fraction of sp³-hybridized carbons (Fsp3) is 0.294. The van der Waals surface area contributed by atoms with E-state index in [1.165, 1.54) is 17.5 Å². The topological polar surface area (TPSA) is 114 Å². The fourth-order valence-electron chi connectivity index (χ4n) is 3.18. The summed E-state index contributed by atoms with van der Waals surface area (Å²) in [5.41, 5.74) is 5.45. The molecule has 4 heterocycles. The second kappa shape index (κ2) is 6.91. The van der Waals surface area contributed by atoms with Gasteiger partial charge in [-0.1, -0.05) is 0 Å². The van der Waals surface area contributed by atoms with Crippen molar-refractivity contribution in [1.29, 1.82) is 0 Å². The van der Waals surface area contributed by atoms with Crippen LogP contribution in [0.2, 0.25) is 0 Å². The highest BCUT2D eigenvalue weighted by atomic mass is 35.5. The number of aromatic carboxylic acids is 1. The van der Waals surface area contributed by atoms with E-state index in [0.29, 0.717) is 23.1 Å². The van der Waals surface area contributed by atoms with Crippen molar-refractivity contribution < 1.29 is 9.90 Å². The van der Waals surface area contributed by atoms with Crippen molar-refractivity contribution in [3.8, 4) is 5.13 Å². The van der Waals surface area contributed by atoms with Crippen molar-refractivity contribution in [2.75, 3.05) is 18.0 Å². The molecular weight excluding hydrogens is 390 g/mol. The SMILES string of the molecule is CC1(N)CCN(c2ccc3c(=O)c(C(=O)O)cn(-c4nccs4)c3n2)C1.Cl. The Morgan fingerprint density at radius 2 is 2.19 bits per heavy atom. The number of nitrogens with zero attached hydrogens (tertiary/aromatic N) is 4. The van der Waals surface area contributed by atoms with E-state index < -0.39 is 11.4 Å². The van der Waals surface area contributed by atoms with E-state index in [1.54, 1.807) is 28.3 Å². The lowest BCUT2D eigenvalue weighted by molar-refractivity contribution is 0.0695. The average Bonchev–Trinajstić information content (AvgIpc) is 3.24. The summed E-state index contributed by atoms with van der Waals surface area (Å²) in [6.07, 6.45) is 3.76. The number of anilines is 1. The molecular formula is C17H18ClN5O3S. The number of nitrogens with two attached hydrogens (primary N) is 1. The summed E-state index contributed by atoms with van der Waals surface area (Å²) in [7, 11) is 0. The quantitative estimate of drug-likeness (QED) is 0.681. The lowest BCUT2D eigenvalue weighted by Gasteiger charge is -2.21. The van der Waals surface area contributed by atoms with Crippen molar-refractivity contribution in [2.45, 2.75) is 18.9 Å². The Morgan fingerprint density at radius 1 is 1.41 bits per heavy atom. The van der Waals surface area contributed by atoms with Crippen LogP contribution in [0.1, 0.15) is 23.7 Å². The number of fused-ring (bicyclic) bond motifs is 1. The van der Waals surface area contributed by atoms with Crippen molar-refractivity contribution in [3.05, 3.63) is 45.7 Å². The van der Waals surface area contributed by atoms with Gasteiger partial charge in [-0.15, -0.1) is 23.7 Å². The highest BCUT2D eigenvalue weighted by Crippen LogP contribution is 2.26. The molecule has 0 aromatic carbocycles. The summed E-state index contributed by atoms with van der Waals surface area (Å²) in [4.78, 5) is 35.0. The Balaban J connectivity index is 0.00000210. The molecule has 0 radical (unpaired) electrons. The fourth-order valence-corrected chi connectivity index (χ4v) is 3.80. The molecule has 1 fully saturated rings. The molecule has 4 rings (SSSR count). The number of thiazole rings is 1. The van der Waals surface area contributed by atoms with Crippen LogP contribution in [0.15, 0.2) is 34.7 Å². The lowest BCUT2D eigenvalue weighted by Crippen LogP contribution is -2.39. The van der Waals surface area contributed by atoms with Crippen LogP contribution < -0.4 is 16.1 Å². The number of carboxylic acid groups (broad SMARTS) is 1. The van der Waals surface area contributed by atoms with E-state index in [4.69, 9.17) is 5.73 Å². The van der Waals surface area contributed by atoms with Crippen LogP contribution in [0.3, 0.4) is 0 Å². The number of pyridine rings is 2. The first-order valence-corrected chi connectivity index (χ1v) is 8.97. The van der Waals surface area contributed by atoms with Gasteiger partial charge in [0.05, 0.1) is 5.39 Å². The molecule has 0 spiro atoms. The number of aromatic nitrogens is 3. The maximum Gasteiger partial charge on any atom is 0.341 e. The van der Waals surface area contributed by atoms with Crippen molar-refractivity contribution in [2.24, 2.45) is 5.73 Å². The Bertz CT molecular complexity index is 1060. The Labute approximate surface area is 164 Å². The van der Waals surface area contributed by atoms with E-state index in [9.17, 15) is 14.7 Å². The normalized spacial score (nSPS) is 19.3. The summed E-state index contributed by atoms with van der Waals surface area (Å²) >= 11 is 1.34. The minimum Gasteiger partial charge on any atom is -0.477 e. The van der Waals surface area contributed by atoms with Crippen molar-refractivity contribution in [1.82, 2.24) is 14.5 Å². The van der Waals surface area contributed by atoms with Crippen LogP contribution in [0, 0.1) is 0 Å². The molecule has 0 amide bonds. The summed E-state index contributed by atoms with van der Waals surface area (Å²) in [5, 5.41) is 11.9. The summed E-state index contributed by atoms with van der Waals surface area (Å²) in [5.74, 6) is -0.566. The van der Waals surface area contributed by atoms with E-state index in [0.717, 1.165) is 13.0 Å². The van der Waals surface area contributed by atoms with Crippen LogP contribution >= 0.6 is 23.7 Å². The van der Waals surface area contributed by atoms with Crippen LogP contribution in [0.4, 0.5) is 5.82 Å². The molecule has 142 valence electrons. The molecule has 1 unspecified atom stereocenters. The summed E-state index contributed by atoms with van der Waals surface area (Å²) < 4.78 is 1.56. The molecule has 0 aliphatic carbocycles. The largest absolute Gasteiger partial charge is 0.477 e. The number of hydrogen-bond acceptors (Lipinski definition) is 7. The van der Waals surface area contributed by atoms with Gasteiger partial charge < -0.3 is 15.7 Å². The van der Waals surface area contributed by atoms with E-state index in [2.05, 4.69) is 14.9 Å². The lowest BCUT2D eigenvalue weighted by atomic mass is 10.0. The zero-order chi connectivity index (χ0) is 18.5. The summed E-state index contributed by atoms with van der Waals surface area (Å²) in [6.45, 7) is 3.44. The van der Waals surface area contributed by atoms with Gasteiger partial charge in [0.25, 0.3) is 0 Å². The maximum absolute atomic E-state index is 12.5. The molecule has 10 heteroatoms. The van der Waals surface area contributed by atoms with Gasteiger partial charge in [-0.05, 0) is 25.5 Å². The third kappa shape index (κ3) is 3.41. The van der Waals surface area contributed by atoms with Crippen molar-refractivity contribution >= 4 is 46.6 Å². The van der Waals surface area contributed by atoms with Crippen LogP contribution in [-0.4, -0.2) is 44.2 Å². The molecule has 1 aliphatic rings. The molecule has 3 aromatic heterocycles. The van der Waals surface area contributed by atoms with Gasteiger partial charge in [0.2, 0.25) is 5.43 Å². The molecule has 3 N–H and O–H groups in total. The standard InChI is InChI=1S/C17H17N5O3S.ClH/c1-17(18)4-6-21(9-17)12-3-2-10-13(23)11(15(24)25)8-22(14(10)20-12)16-19-5-7-26-16;/h2-3,5,7-8H,4,6,9,18H2,1H3,(H,24,25);1H. The van der Waals surface area contributed by atoms with Gasteiger partial charge in [0.1, 0.15) is 11.4 Å². The second-order valence-electron chi connectivity index (χ2n) is 6.73. The van der Waals surface area contributed by atoms with E-state index >= 15 is 0 Å². The highest BCUT2D eigenvalue weighted by Gasteiger charge is 2.31. The molecule has 1 atom stereocenters. The molecule has 0 saturated carbocycles. The van der Waals surface area contributed by atoms with Crippen LogP contribution in [0.25, 0.3) is 16.2 Å². The Hall–Kier alpha value is -2.49. The van der Waals surface area contributed by atoms with Crippen LogP contribution in [-0.2, 0) is 0 Å². The Morgan fingerprint density at radius 3 is 2.78 bits per heavy atom. The zero-order valence-corrected chi connectivity index (χ0v) is 16.1. The molecule has 1 saturated heterocycles. The number of carbonyl (C=O) groups is 1. The molecule has 27 heavy (non-hydrogen) atoms. The van der Waals surface area contributed by atoms with Gasteiger partial charge in [0, 0.05) is 36.4 Å². The first kappa shape index (κ1) is 19.3.